The van der Waals surface area contributed by atoms with E-state index in [0.29, 0.717) is 0 Å². The standard InChI is InChI=1S/C24H28/c1-17(21-13-11-19-7-3-5-9-23(19)15-21)18(2)22-14-12-20-8-4-6-10-24(20)16-22/h11-16H,3-10H2,1-2H3/b18-17-. The predicted octanol–water partition coefficient (Wildman–Crippen LogP) is 6.39. The fraction of sp³-hybridized carbons (Fsp3) is 0.417. The number of fused-ring (bicyclic) bond motifs is 2. The third-order valence-corrected chi connectivity index (χ3v) is 6.13. The second kappa shape index (κ2) is 6.59. The van der Waals surface area contributed by atoms with Gasteiger partial charge in [0.1, 0.15) is 0 Å². The molecule has 0 amide bonds. The summed E-state index contributed by atoms with van der Waals surface area (Å²) >= 11 is 0. The van der Waals surface area contributed by atoms with Crippen LogP contribution in [0.5, 0.6) is 0 Å². The van der Waals surface area contributed by atoms with Crippen molar-refractivity contribution in [1.29, 1.82) is 0 Å². The van der Waals surface area contributed by atoms with Gasteiger partial charge in [-0.15, -0.1) is 0 Å². The lowest BCUT2D eigenvalue weighted by atomic mass is 9.86. The number of hydrogen-bond donors (Lipinski definition) is 0. The van der Waals surface area contributed by atoms with Crippen LogP contribution in [-0.2, 0) is 25.7 Å². The maximum absolute atomic E-state index is 2.45. The Balaban J connectivity index is 1.70. The molecule has 4 rings (SSSR count). The maximum atomic E-state index is 2.45. The smallest absolute Gasteiger partial charge is 0.0222 e. The molecule has 124 valence electrons. The minimum absolute atomic E-state index is 1.26. The van der Waals surface area contributed by atoms with Gasteiger partial charge in [-0.2, -0.15) is 0 Å². The largest absolute Gasteiger partial charge is 0.0582 e. The van der Waals surface area contributed by atoms with Gasteiger partial charge >= 0.3 is 0 Å². The van der Waals surface area contributed by atoms with Crippen LogP contribution in [-0.4, -0.2) is 0 Å². The second-order valence-corrected chi connectivity index (χ2v) is 7.63. The minimum Gasteiger partial charge on any atom is -0.0582 e. The number of aryl methyl sites for hydroxylation is 4. The third kappa shape index (κ3) is 2.95. The molecule has 2 aromatic rings. The molecule has 2 aliphatic carbocycles. The Morgan fingerprint density at radius 3 is 1.33 bits per heavy atom. The molecule has 0 aromatic heterocycles. The van der Waals surface area contributed by atoms with E-state index in [2.05, 4.69) is 50.2 Å². The summed E-state index contributed by atoms with van der Waals surface area (Å²) in [5.74, 6) is 0. The summed E-state index contributed by atoms with van der Waals surface area (Å²) in [6.45, 7) is 4.58. The molecule has 0 spiro atoms. The molecule has 0 radical (unpaired) electrons. The quantitative estimate of drug-likeness (QED) is 0.563. The lowest BCUT2D eigenvalue weighted by Gasteiger charge is -2.19. The van der Waals surface area contributed by atoms with Crippen molar-refractivity contribution in [2.24, 2.45) is 0 Å². The van der Waals surface area contributed by atoms with E-state index in [0.717, 1.165) is 0 Å². The van der Waals surface area contributed by atoms with Crippen molar-refractivity contribution >= 4 is 11.1 Å². The Bertz CT molecular complexity index is 724. The molecule has 0 N–H and O–H groups in total. The number of benzene rings is 2. The molecule has 0 aliphatic heterocycles. The Hall–Kier alpha value is -1.82. The summed E-state index contributed by atoms with van der Waals surface area (Å²) in [6.07, 6.45) is 10.5. The van der Waals surface area contributed by atoms with Crippen LogP contribution in [0, 0.1) is 0 Å². The topological polar surface area (TPSA) is 0 Å². The molecule has 0 fully saturated rings. The van der Waals surface area contributed by atoms with Crippen LogP contribution in [0.2, 0.25) is 0 Å². The van der Waals surface area contributed by atoms with Crippen molar-refractivity contribution in [2.75, 3.05) is 0 Å². The highest BCUT2D eigenvalue weighted by Crippen LogP contribution is 2.31. The van der Waals surface area contributed by atoms with Crippen LogP contribution in [0.15, 0.2) is 36.4 Å². The molecule has 2 aliphatic rings. The van der Waals surface area contributed by atoms with Gasteiger partial charge in [-0.25, -0.2) is 0 Å². The lowest BCUT2D eigenvalue weighted by molar-refractivity contribution is 0.685. The van der Waals surface area contributed by atoms with Gasteiger partial charge in [-0.05, 0) is 110 Å². The normalized spacial score (nSPS) is 17.8. The first kappa shape index (κ1) is 15.7. The molecule has 0 atom stereocenters. The van der Waals surface area contributed by atoms with Gasteiger partial charge in [0, 0.05) is 0 Å². The molecule has 2 aromatic carbocycles. The highest BCUT2D eigenvalue weighted by Gasteiger charge is 2.13. The first-order valence-electron chi connectivity index (χ1n) is 9.64. The molecule has 0 heterocycles. The second-order valence-electron chi connectivity index (χ2n) is 7.63. The van der Waals surface area contributed by atoms with E-state index in [1.165, 1.54) is 73.6 Å². The zero-order chi connectivity index (χ0) is 16.5. The average Bonchev–Trinajstić information content (AvgIpc) is 2.66. The van der Waals surface area contributed by atoms with Crippen LogP contribution >= 0.6 is 0 Å². The molecular weight excluding hydrogens is 288 g/mol. The van der Waals surface area contributed by atoms with E-state index in [1.807, 2.05) is 0 Å². The SMILES string of the molecule is C/C(=C(\C)c1ccc2c(c1)CCCC2)c1ccc2c(c1)CCCC2. The lowest BCUT2D eigenvalue weighted by Crippen LogP contribution is -2.04. The fourth-order valence-electron chi connectivity index (χ4n) is 4.37. The Morgan fingerprint density at radius 1 is 0.542 bits per heavy atom. The van der Waals surface area contributed by atoms with Crippen molar-refractivity contribution in [2.45, 2.75) is 65.2 Å². The van der Waals surface area contributed by atoms with Gasteiger partial charge in [0.25, 0.3) is 0 Å². The predicted molar refractivity (Wildman–Crippen MR) is 104 cm³/mol. The third-order valence-electron chi connectivity index (χ3n) is 6.13. The van der Waals surface area contributed by atoms with Crippen molar-refractivity contribution in [3.05, 3.63) is 69.8 Å². The van der Waals surface area contributed by atoms with Crippen molar-refractivity contribution in [3.63, 3.8) is 0 Å². The van der Waals surface area contributed by atoms with Crippen molar-refractivity contribution in [1.82, 2.24) is 0 Å². The molecule has 0 saturated carbocycles. The monoisotopic (exact) mass is 316 g/mol. The zero-order valence-corrected chi connectivity index (χ0v) is 15.1. The maximum Gasteiger partial charge on any atom is -0.0222 e. The number of rotatable bonds is 2. The summed E-state index contributed by atoms with van der Waals surface area (Å²) < 4.78 is 0. The summed E-state index contributed by atoms with van der Waals surface area (Å²) in [5, 5.41) is 0. The van der Waals surface area contributed by atoms with Gasteiger partial charge in [0.15, 0.2) is 0 Å². The van der Waals surface area contributed by atoms with Gasteiger partial charge in [0.2, 0.25) is 0 Å². The van der Waals surface area contributed by atoms with E-state index in [4.69, 9.17) is 0 Å². The van der Waals surface area contributed by atoms with Crippen LogP contribution in [0.25, 0.3) is 11.1 Å². The Morgan fingerprint density at radius 2 is 0.917 bits per heavy atom. The molecule has 0 unspecified atom stereocenters. The highest BCUT2D eigenvalue weighted by atomic mass is 14.2. The minimum atomic E-state index is 1.26. The number of hydrogen-bond acceptors (Lipinski definition) is 0. The van der Waals surface area contributed by atoms with E-state index in [1.54, 1.807) is 22.3 Å². The average molecular weight is 316 g/mol. The summed E-state index contributed by atoms with van der Waals surface area (Å²) in [7, 11) is 0. The van der Waals surface area contributed by atoms with E-state index in [-0.39, 0.29) is 0 Å². The van der Waals surface area contributed by atoms with Crippen molar-refractivity contribution in [3.8, 4) is 0 Å². The molecular formula is C24H28. The van der Waals surface area contributed by atoms with Gasteiger partial charge in [-0.3, -0.25) is 0 Å². The van der Waals surface area contributed by atoms with E-state index in [9.17, 15) is 0 Å². The van der Waals surface area contributed by atoms with Crippen LogP contribution in [0.1, 0.15) is 72.9 Å². The highest BCUT2D eigenvalue weighted by molar-refractivity contribution is 5.89. The summed E-state index contributed by atoms with van der Waals surface area (Å²) in [4.78, 5) is 0. The molecule has 0 bridgehead atoms. The van der Waals surface area contributed by atoms with Crippen LogP contribution in [0.4, 0.5) is 0 Å². The number of allylic oxidation sites excluding steroid dienone is 2. The van der Waals surface area contributed by atoms with Crippen LogP contribution < -0.4 is 0 Å². The molecule has 24 heavy (non-hydrogen) atoms. The first-order valence-corrected chi connectivity index (χ1v) is 9.64. The van der Waals surface area contributed by atoms with Gasteiger partial charge < -0.3 is 0 Å². The first-order chi connectivity index (χ1) is 11.7. The van der Waals surface area contributed by atoms with Gasteiger partial charge in [-0.1, -0.05) is 36.4 Å². The summed E-state index contributed by atoms with van der Waals surface area (Å²) in [6, 6.07) is 14.3. The van der Waals surface area contributed by atoms with E-state index >= 15 is 0 Å². The Kier molecular flexibility index (Phi) is 4.31. The molecule has 0 heteroatoms. The molecule has 0 saturated heterocycles. The van der Waals surface area contributed by atoms with Gasteiger partial charge in [0.05, 0.1) is 0 Å². The van der Waals surface area contributed by atoms with Crippen molar-refractivity contribution < 1.29 is 0 Å². The van der Waals surface area contributed by atoms with Crippen LogP contribution in [0.3, 0.4) is 0 Å². The summed E-state index contributed by atoms with van der Waals surface area (Å²) in [5.41, 5.74) is 12.0. The molecule has 0 nitrogen and oxygen atoms in total. The fourth-order valence-corrected chi connectivity index (χ4v) is 4.37. The van der Waals surface area contributed by atoms with E-state index < -0.39 is 0 Å². The zero-order valence-electron chi connectivity index (χ0n) is 15.1. The Labute approximate surface area is 146 Å².